The molecule has 0 N–H and O–H groups in total. The summed E-state index contributed by atoms with van der Waals surface area (Å²) in [7, 11) is -0.426. The van der Waals surface area contributed by atoms with E-state index < -0.39 is 18.3 Å². The largest absolute Gasteiger partial charge is 0.494 e. The molecule has 0 saturated carbocycles. The molecular formula is C90H64BClN12O2. The summed E-state index contributed by atoms with van der Waals surface area (Å²) >= 11 is 6.10. The molecule has 506 valence electrons. The molecule has 9 heterocycles. The second-order valence-electron chi connectivity index (χ2n) is 27.5. The van der Waals surface area contributed by atoms with Crippen molar-refractivity contribution in [2.45, 2.75) is 38.9 Å². The Hall–Kier alpha value is -13.0. The molecule has 0 atom stereocenters. The van der Waals surface area contributed by atoms with E-state index in [-0.39, 0.29) is 0 Å². The number of benzene rings is 12. The van der Waals surface area contributed by atoms with E-state index in [1.54, 1.807) is 6.07 Å². The lowest BCUT2D eigenvalue weighted by atomic mass is 9.78. The Labute approximate surface area is 614 Å². The number of para-hydroxylation sites is 8. The van der Waals surface area contributed by atoms with Gasteiger partial charge in [0.05, 0.1) is 83.5 Å². The normalized spacial score (nSPS) is 13.4. The lowest BCUT2D eigenvalue weighted by Crippen LogP contribution is -2.41. The monoisotopic (exact) mass is 1390 g/mol. The maximum atomic E-state index is 6.39. The van der Waals surface area contributed by atoms with Crippen LogP contribution in [0.25, 0.3) is 167 Å². The Kier molecular flexibility index (Phi) is 15.5. The summed E-state index contributed by atoms with van der Waals surface area (Å²) in [4.78, 5) is 39.7. The summed E-state index contributed by atoms with van der Waals surface area (Å²) in [5.74, 6) is 2.96. The fraction of sp³-hybridized carbons (Fsp3) is 0.0667. The molecule has 8 aromatic heterocycles. The summed E-state index contributed by atoms with van der Waals surface area (Å²) in [6, 6.07) is 107. The van der Waals surface area contributed by atoms with Crippen LogP contribution >= 0.6 is 11.6 Å². The average Bonchev–Trinajstić information content (AvgIpc) is 1.56. The van der Waals surface area contributed by atoms with E-state index in [9.17, 15) is 0 Å². The Bertz CT molecular complexity index is 6690. The topological polar surface area (TPSA) is 140 Å². The van der Waals surface area contributed by atoms with Gasteiger partial charge in [0.15, 0.2) is 11.6 Å². The molecule has 0 unspecified atom stereocenters. The van der Waals surface area contributed by atoms with Crippen LogP contribution < -0.4 is 5.46 Å². The van der Waals surface area contributed by atoms with Crippen molar-refractivity contribution in [3.8, 4) is 68.4 Å². The molecule has 0 aliphatic carbocycles. The number of fused-ring (bicyclic) bond motifs is 16. The van der Waals surface area contributed by atoms with Crippen molar-refractivity contribution in [1.29, 1.82) is 0 Å². The van der Waals surface area contributed by atoms with Gasteiger partial charge in [0.1, 0.15) is 16.4 Å². The van der Waals surface area contributed by atoms with Crippen LogP contribution in [0.2, 0.25) is 5.15 Å². The van der Waals surface area contributed by atoms with Gasteiger partial charge in [-0.25, -0.2) is 39.9 Å². The number of rotatable bonds is 8. The SMILES string of the molecule is CC1(C)OB(c2ccc3c(c2)c2ccccc2n3-c2nc3ccccc3c3nc4ccccc4n23)OC1(C)C.Clc1cc(-c2ccccc2)nc(-c2ccccc2)n1.c1ccc(-c2cc(-c3ccc4c(c3)c3ccccc3n4-c3nc4ccccc4c4nc5ccccc5n34)nc(-c3ccccc3)n2)cc1. The van der Waals surface area contributed by atoms with Crippen LogP contribution in [0.5, 0.6) is 0 Å². The molecule has 1 saturated heterocycles. The summed E-state index contributed by atoms with van der Waals surface area (Å²) in [5, 5.41) is 7.05. The third-order valence-electron chi connectivity index (χ3n) is 20.5. The van der Waals surface area contributed by atoms with Crippen LogP contribution in [0.3, 0.4) is 0 Å². The lowest BCUT2D eigenvalue weighted by molar-refractivity contribution is 0.00578. The van der Waals surface area contributed by atoms with Crippen LogP contribution in [-0.4, -0.2) is 76.1 Å². The molecule has 1 fully saturated rings. The summed E-state index contributed by atoms with van der Waals surface area (Å²) < 4.78 is 21.7. The maximum Gasteiger partial charge on any atom is 0.494 e. The van der Waals surface area contributed by atoms with E-state index in [2.05, 4.69) is 232 Å². The Morgan fingerprint density at radius 1 is 0.283 bits per heavy atom. The molecular weight excluding hydrogens is 1330 g/mol. The van der Waals surface area contributed by atoms with Crippen molar-refractivity contribution < 1.29 is 9.31 Å². The zero-order chi connectivity index (χ0) is 71.2. The highest BCUT2D eigenvalue weighted by Gasteiger charge is 2.52. The second-order valence-corrected chi connectivity index (χ2v) is 27.9. The number of hydrogen-bond donors (Lipinski definition) is 0. The van der Waals surface area contributed by atoms with Crippen LogP contribution in [0.15, 0.2) is 315 Å². The summed E-state index contributed by atoms with van der Waals surface area (Å²) in [6.07, 6.45) is 0. The first-order chi connectivity index (χ1) is 51.9. The molecule has 16 heteroatoms. The Morgan fingerprint density at radius 3 is 1.12 bits per heavy atom. The predicted octanol–water partition coefficient (Wildman–Crippen LogP) is 20.8. The van der Waals surface area contributed by atoms with Crippen LogP contribution in [0.1, 0.15) is 27.7 Å². The minimum atomic E-state index is -0.426. The highest BCUT2D eigenvalue weighted by atomic mass is 35.5. The van der Waals surface area contributed by atoms with Gasteiger partial charge in [-0.3, -0.25) is 17.9 Å². The van der Waals surface area contributed by atoms with Crippen molar-refractivity contribution >= 4 is 123 Å². The molecule has 1 aliphatic heterocycles. The summed E-state index contributed by atoms with van der Waals surface area (Å²) in [5.41, 5.74) is 19.7. The van der Waals surface area contributed by atoms with E-state index in [1.165, 1.54) is 0 Å². The van der Waals surface area contributed by atoms with Crippen LogP contribution in [0, 0.1) is 0 Å². The molecule has 0 radical (unpaired) electrons. The van der Waals surface area contributed by atoms with Crippen molar-refractivity contribution in [2.75, 3.05) is 0 Å². The molecule has 0 amide bonds. The standard InChI is InChI=1S/C42H26N6.C32H27BN4O2.C16H11ClN2/c1-3-13-27(14-4-1)35-26-36(44-40(43-35)28-15-5-2-6-16-28)29-23-24-38-32(25-29)30-17-8-11-21-37(30)47(38)42-46-33-19-9-7-18-31(33)41-45-34-20-10-12-22-39(34)48(41)42;1-31(2)32(3,4)39-33(38-31)20-17-18-27-23(19-20)21-11-6-9-15-26(21)36(27)30-35-24-13-7-5-12-22(24)29-34-25-14-8-10-16-28(25)37(29)30;17-15-11-14(12-7-3-1-4-8-12)18-16(19-15)13-9-5-2-6-10-13/h1-26H;5-19H,1-4H3;1-11H. The quantitative estimate of drug-likeness (QED) is 0.107. The third kappa shape index (κ3) is 11.1. The second kappa shape index (κ2) is 25.7. The Morgan fingerprint density at radius 2 is 0.642 bits per heavy atom. The average molecular weight is 1390 g/mol. The van der Waals surface area contributed by atoms with Crippen molar-refractivity contribution in [3.63, 3.8) is 0 Å². The molecule has 21 rings (SSSR count). The highest BCUT2D eigenvalue weighted by molar-refractivity contribution is 6.62. The minimum Gasteiger partial charge on any atom is -0.399 e. The first-order valence-electron chi connectivity index (χ1n) is 35.4. The van der Waals surface area contributed by atoms with Gasteiger partial charge in [0.25, 0.3) is 0 Å². The maximum absolute atomic E-state index is 6.39. The zero-order valence-electron chi connectivity index (χ0n) is 58.2. The van der Waals surface area contributed by atoms with Gasteiger partial charge in [-0.2, -0.15) is 0 Å². The van der Waals surface area contributed by atoms with Gasteiger partial charge >= 0.3 is 7.12 Å². The van der Waals surface area contributed by atoms with Gasteiger partial charge in [-0.05, 0) is 118 Å². The van der Waals surface area contributed by atoms with E-state index in [0.29, 0.717) is 16.8 Å². The first kappa shape index (κ1) is 63.8. The van der Waals surface area contributed by atoms with Gasteiger partial charge in [-0.15, -0.1) is 0 Å². The van der Waals surface area contributed by atoms with Crippen LogP contribution in [0.4, 0.5) is 0 Å². The Balaban J connectivity index is 0.000000118. The molecule has 106 heavy (non-hydrogen) atoms. The van der Waals surface area contributed by atoms with Crippen molar-refractivity contribution in [2.24, 2.45) is 0 Å². The number of halogens is 1. The molecule has 0 spiro atoms. The van der Waals surface area contributed by atoms with E-state index in [4.69, 9.17) is 50.8 Å². The van der Waals surface area contributed by atoms with E-state index in [1.807, 2.05) is 133 Å². The number of hydrogen-bond acceptors (Lipinski definition) is 10. The number of nitrogens with zero attached hydrogens (tertiary/aromatic N) is 12. The lowest BCUT2D eigenvalue weighted by Gasteiger charge is -2.32. The zero-order valence-corrected chi connectivity index (χ0v) is 58.9. The first-order valence-corrected chi connectivity index (χ1v) is 35.7. The van der Waals surface area contributed by atoms with Gasteiger partial charge in [0, 0.05) is 66.2 Å². The molecule has 14 nitrogen and oxygen atoms in total. The van der Waals surface area contributed by atoms with Crippen LogP contribution in [-0.2, 0) is 9.31 Å². The van der Waals surface area contributed by atoms with Crippen molar-refractivity contribution in [1.82, 2.24) is 57.8 Å². The third-order valence-corrected chi connectivity index (χ3v) is 20.7. The minimum absolute atomic E-state index is 0.399. The number of aromatic nitrogens is 12. The van der Waals surface area contributed by atoms with Gasteiger partial charge < -0.3 is 9.31 Å². The van der Waals surface area contributed by atoms with Gasteiger partial charge in [0.2, 0.25) is 11.9 Å². The fourth-order valence-corrected chi connectivity index (χ4v) is 14.8. The fourth-order valence-electron chi connectivity index (χ4n) is 14.6. The molecule has 1 aliphatic rings. The highest BCUT2D eigenvalue weighted by Crippen LogP contribution is 2.41. The predicted molar refractivity (Wildman–Crippen MR) is 430 cm³/mol. The molecule has 20 aromatic rings. The smallest absolute Gasteiger partial charge is 0.399 e. The number of imidazole rings is 2. The molecule has 12 aromatic carbocycles. The van der Waals surface area contributed by atoms with E-state index in [0.717, 1.165) is 161 Å². The molecule has 0 bridgehead atoms. The van der Waals surface area contributed by atoms with Crippen molar-refractivity contribution in [3.05, 3.63) is 321 Å². The van der Waals surface area contributed by atoms with E-state index >= 15 is 0 Å². The summed E-state index contributed by atoms with van der Waals surface area (Å²) in [6.45, 7) is 8.35. The van der Waals surface area contributed by atoms with Gasteiger partial charge in [-0.1, -0.05) is 236 Å².